The highest BCUT2D eigenvalue weighted by atomic mass is 79.9. The minimum absolute atomic E-state index is 0. The zero-order valence-corrected chi connectivity index (χ0v) is 16.7. The Morgan fingerprint density at radius 2 is 2.19 bits per heavy atom. The Bertz CT molecular complexity index is 951. The molecule has 1 saturated heterocycles. The summed E-state index contributed by atoms with van der Waals surface area (Å²) in [5.74, 6) is 0.635. The van der Waals surface area contributed by atoms with Crippen LogP contribution < -0.4 is 21.7 Å². The van der Waals surface area contributed by atoms with Crippen molar-refractivity contribution < 1.29 is 45.3 Å². The van der Waals surface area contributed by atoms with Crippen molar-refractivity contribution in [1.29, 1.82) is 0 Å². The van der Waals surface area contributed by atoms with Crippen LogP contribution in [0, 0.1) is 5.92 Å². The number of rotatable bonds is 2. The van der Waals surface area contributed by atoms with Gasteiger partial charge in [0.15, 0.2) is 23.4 Å². The zero-order chi connectivity index (χ0) is 20.4. The number of benzene rings is 1. The number of Topliss-reactive ketones (excluding diaryl/α,β-unsaturated/α-hetero) is 1. The number of ketones is 1. The number of carbonyl (C=O) groups excluding carboxylic acids is 1. The van der Waals surface area contributed by atoms with Crippen LogP contribution >= 0.6 is 0 Å². The first-order chi connectivity index (χ1) is 13.6. The number of piperidine rings is 1. The van der Waals surface area contributed by atoms with E-state index in [2.05, 4.69) is 0 Å². The van der Waals surface area contributed by atoms with Crippen molar-refractivity contribution in [3.05, 3.63) is 23.3 Å². The Kier molecular flexibility index (Phi) is 2.90. The highest BCUT2D eigenvalue weighted by Gasteiger charge is 2.76. The molecule has 6 heteroatoms. The number of halogens is 1. The minimum Gasteiger partial charge on any atom is -1.00 e. The normalized spacial score (nSPS) is 45.7. The van der Waals surface area contributed by atoms with Crippen molar-refractivity contribution >= 4 is 5.78 Å². The van der Waals surface area contributed by atoms with Crippen LogP contribution in [0.25, 0.3) is 0 Å². The Hall–Kier alpha value is -1.11. The number of carbonyl (C=O) groups is 1. The molecule has 0 amide bonds. The molecule has 2 bridgehead atoms. The molecule has 5 nitrogen and oxygen atoms in total. The maximum Gasteiger partial charge on any atom is 0.174 e. The minimum atomic E-state index is -2.24. The molecule has 1 aromatic rings. The number of hydrogen-bond acceptors (Lipinski definition) is 4. The molecular formula is C21H26BrNO4. The van der Waals surface area contributed by atoms with Crippen LogP contribution in [0.4, 0.5) is 0 Å². The number of nitrogens with zero attached hydrogens (tertiary/aromatic N) is 1. The van der Waals surface area contributed by atoms with Gasteiger partial charge >= 0.3 is 0 Å². The van der Waals surface area contributed by atoms with E-state index in [1.807, 2.05) is 6.07 Å². The second-order valence-electron chi connectivity index (χ2n) is 9.16. The number of aromatic hydroxyl groups is 1. The summed E-state index contributed by atoms with van der Waals surface area (Å²) in [4.78, 5) is 12.9. The van der Waals surface area contributed by atoms with Crippen molar-refractivity contribution in [3.8, 4) is 11.5 Å². The van der Waals surface area contributed by atoms with Gasteiger partial charge in [-0.25, -0.2) is 0 Å². The fraction of sp³-hybridized carbons (Fsp3) is 0.667. The fourth-order valence-electron chi connectivity index (χ4n) is 6.60. The fourth-order valence-corrected chi connectivity index (χ4v) is 6.60. The van der Waals surface area contributed by atoms with Gasteiger partial charge in [-0.2, -0.15) is 0 Å². The third-order valence-corrected chi connectivity index (χ3v) is 7.92. The van der Waals surface area contributed by atoms with E-state index in [-0.39, 0.29) is 45.8 Å². The standard InChI is InChI=1S/C21H25NO4.BrH/c1-22(11-12-2-3-12)9-8-20-17-13-4-5-14(23)18(17)26-19(20)15(24)6-7-21(20,25)16(22)10-13;/h4-5,12,16,19,25H,2-3,6-11H2,1H3;1H/t16-,19+,20+,21-,22-;/m0./s1/i1D3;. The predicted molar refractivity (Wildman–Crippen MR) is 94.1 cm³/mol. The Labute approximate surface area is 173 Å². The number of likely N-dealkylation sites (tertiary alicyclic amines) is 1. The highest BCUT2D eigenvalue weighted by Crippen LogP contribution is 2.65. The molecule has 2 saturated carbocycles. The van der Waals surface area contributed by atoms with Gasteiger partial charge in [-0.05, 0) is 30.9 Å². The van der Waals surface area contributed by atoms with Crippen molar-refractivity contribution in [2.24, 2.45) is 5.92 Å². The van der Waals surface area contributed by atoms with Gasteiger partial charge in [0.2, 0.25) is 0 Å². The predicted octanol–water partition coefficient (Wildman–Crippen LogP) is -1.33. The molecule has 146 valence electrons. The number of phenolic OH excluding ortho intramolecular Hbond substituents is 1. The summed E-state index contributed by atoms with van der Waals surface area (Å²) in [6.45, 7) is -1.29. The summed E-state index contributed by atoms with van der Waals surface area (Å²) < 4.78 is 31.4. The number of phenols is 1. The highest BCUT2D eigenvalue weighted by molar-refractivity contribution is 5.90. The maximum absolute atomic E-state index is 12.9. The molecule has 1 spiro atoms. The third kappa shape index (κ3) is 1.94. The van der Waals surface area contributed by atoms with Crippen LogP contribution in [-0.4, -0.2) is 58.3 Å². The molecule has 1 aromatic carbocycles. The summed E-state index contributed by atoms with van der Waals surface area (Å²) in [6, 6.07) is 2.88. The topological polar surface area (TPSA) is 66.8 Å². The lowest BCUT2D eigenvalue weighted by atomic mass is 9.48. The van der Waals surface area contributed by atoms with E-state index in [9.17, 15) is 15.0 Å². The maximum atomic E-state index is 12.9. The van der Waals surface area contributed by atoms with E-state index in [1.54, 1.807) is 6.07 Å². The van der Waals surface area contributed by atoms with E-state index >= 15 is 0 Å². The summed E-state index contributed by atoms with van der Waals surface area (Å²) in [7, 11) is 0. The number of quaternary nitrogens is 1. The van der Waals surface area contributed by atoms with Crippen LogP contribution in [0.2, 0.25) is 0 Å². The molecule has 3 fully saturated rings. The van der Waals surface area contributed by atoms with Crippen LogP contribution in [0.1, 0.15) is 47.3 Å². The lowest BCUT2D eigenvalue weighted by molar-refractivity contribution is -0.950. The van der Waals surface area contributed by atoms with Crippen molar-refractivity contribution in [2.75, 3.05) is 20.1 Å². The van der Waals surface area contributed by atoms with Crippen LogP contribution in [0.15, 0.2) is 12.1 Å². The summed E-state index contributed by atoms with van der Waals surface area (Å²) in [5.41, 5.74) is -0.624. The average Bonchev–Trinajstić information content (AvgIpc) is 3.38. The molecule has 2 heterocycles. The largest absolute Gasteiger partial charge is 1.00 e. The SMILES string of the molecule is [2H]C([2H])([2H])[N@@+]1(CC2CC2)CC[C@@]23c4c5ccc(O)c4O[C@@H]2C(=O)CC[C@]3(O)[C@@H]1C5.[Br-]. The first kappa shape index (κ1) is 14.8. The Morgan fingerprint density at radius 1 is 1.37 bits per heavy atom. The van der Waals surface area contributed by atoms with Gasteiger partial charge in [0, 0.05) is 30.7 Å². The molecule has 0 aromatic heterocycles. The van der Waals surface area contributed by atoms with Gasteiger partial charge in [-0.15, -0.1) is 0 Å². The first-order valence-electron chi connectivity index (χ1n) is 11.3. The van der Waals surface area contributed by atoms with E-state index in [4.69, 9.17) is 8.85 Å². The molecule has 0 unspecified atom stereocenters. The van der Waals surface area contributed by atoms with Gasteiger partial charge in [0.05, 0.1) is 29.6 Å². The lowest BCUT2D eigenvalue weighted by Gasteiger charge is -2.64. The summed E-state index contributed by atoms with van der Waals surface area (Å²) in [5, 5.41) is 22.7. The van der Waals surface area contributed by atoms with E-state index in [1.165, 1.54) is 0 Å². The van der Waals surface area contributed by atoms with E-state index in [0.29, 0.717) is 37.6 Å². The molecule has 0 radical (unpaired) electrons. The van der Waals surface area contributed by atoms with Gasteiger partial charge in [0.25, 0.3) is 0 Å². The second-order valence-corrected chi connectivity index (χ2v) is 9.16. The molecule has 27 heavy (non-hydrogen) atoms. The first-order valence-corrected chi connectivity index (χ1v) is 9.78. The second kappa shape index (κ2) is 5.28. The Morgan fingerprint density at radius 3 is 2.93 bits per heavy atom. The summed E-state index contributed by atoms with van der Waals surface area (Å²) in [6.07, 6.45) is 2.49. The molecule has 5 atom stereocenters. The molecule has 6 rings (SSSR count). The monoisotopic (exact) mass is 438 g/mol. The molecule has 2 aliphatic heterocycles. The van der Waals surface area contributed by atoms with Gasteiger partial charge in [0.1, 0.15) is 11.6 Å². The smallest absolute Gasteiger partial charge is 0.174 e. The number of likely N-dealkylation sites (N-methyl/N-ethyl adjacent to an activating group) is 1. The molecule has 3 aliphatic carbocycles. The number of ether oxygens (including phenoxy) is 1. The van der Waals surface area contributed by atoms with Gasteiger partial charge in [-0.3, -0.25) is 4.79 Å². The molecule has 5 aliphatic rings. The summed E-state index contributed by atoms with van der Waals surface area (Å²) >= 11 is 0. The van der Waals surface area contributed by atoms with Crippen molar-refractivity contribution in [1.82, 2.24) is 0 Å². The third-order valence-electron chi connectivity index (χ3n) is 7.92. The zero-order valence-electron chi connectivity index (χ0n) is 18.1. The average molecular weight is 439 g/mol. The van der Waals surface area contributed by atoms with Gasteiger partial charge in [-0.1, -0.05) is 6.07 Å². The lowest BCUT2D eigenvalue weighted by Crippen LogP contribution is -3.00. The van der Waals surface area contributed by atoms with Crippen molar-refractivity contribution in [2.45, 2.75) is 61.7 Å². The van der Waals surface area contributed by atoms with Crippen LogP contribution in [-0.2, 0) is 16.6 Å². The molecular weight excluding hydrogens is 410 g/mol. The van der Waals surface area contributed by atoms with Crippen LogP contribution in [0.3, 0.4) is 0 Å². The van der Waals surface area contributed by atoms with Gasteiger partial charge < -0.3 is 36.4 Å². The quantitative estimate of drug-likeness (QED) is 0.561. The van der Waals surface area contributed by atoms with Crippen molar-refractivity contribution in [3.63, 3.8) is 0 Å². The number of aliphatic hydroxyl groups is 1. The number of hydrogen-bond donors (Lipinski definition) is 2. The molecule has 2 N–H and O–H groups in total. The van der Waals surface area contributed by atoms with E-state index < -0.39 is 30.1 Å². The van der Waals surface area contributed by atoms with Crippen LogP contribution in [0.5, 0.6) is 11.5 Å². The Balaban J connectivity index is 0.00000193. The van der Waals surface area contributed by atoms with E-state index in [0.717, 1.165) is 24.0 Å².